The van der Waals surface area contributed by atoms with Gasteiger partial charge < -0.3 is 0 Å². The molecule has 0 spiro atoms. The van der Waals surface area contributed by atoms with Crippen LogP contribution in [0.3, 0.4) is 0 Å². The van der Waals surface area contributed by atoms with Gasteiger partial charge in [0.25, 0.3) is 0 Å². The molecule has 1 aliphatic heterocycles. The number of amidine groups is 2. The van der Waals surface area contributed by atoms with Gasteiger partial charge in [-0.15, -0.1) is 0 Å². The first-order valence-corrected chi connectivity index (χ1v) is 13.1. The fraction of sp³-hybridized carbons (Fsp3) is 0.158. The van der Waals surface area contributed by atoms with Crippen LogP contribution < -0.4 is 10.9 Å². The van der Waals surface area contributed by atoms with Gasteiger partial charge in [-0.05, 0) is 0 Å². The van der Waals surface area contributed by atoms with Crippen LogP contribution in [-0.2, 0) is 16.1 Å². The normalized spacial score (nSPS) is 13.1. The van der Waals surface area contributed by atoms with Crippen LogP contribution in [-0.4, -0.2) is 51.8 Å². The molecule has 0 aliphatic carbocycles. The predicted octanol–water partition coefficient (Wildman–Crippen LogP) is 1.43. The van der Waals surface area contributed by atoms with Crippen molar-refractivity contribution in [3.05, 3.63) is 65.2 Å². The molecule has 4 N–H and O–H groups in total. The fourth-order valence-corrected chi connectivity index (χ4v) is 4.27. The third-order valence-electron chi connectivity index (χ3n) is 4.05. The zero-order valence-corrected chi connectivity index (χ0v) is 19.3. The molecule has 2 aromatic carbocycles. The van der Waals surface area contributed by atoms with E-state index in [-0.39, 0.29) is 19.6 Å². The van der Waals surface area contributed by atoms with Gasteiger partial charge in [-0.2, -0.15) is 0 Å². The summed E-state index contributed by atoms with van der Waals surface area (Å²) in [5.74, 6) is -1.05. The van der Waals surface area contributed by atoms with Crippen molar-refractivity contribution in [1.29, 1.82) is 0 Å². The molecule has 0 amide bonds. The number of carboxylic acids is 2. The Bertz CT molecular complexity index is 984. The van der Waals surface area contributed by atoms with Gasteiger partial charge in [-0.3, -0.25) is 0 Å². The second kappa shape index (κ2) is 10.5. The number of hydrogen-bond donors (Lipinski definition) is 4. The van der Waals surface area contributed by atoms with E-state index in [1.54, 1.807) is 8.52 Å². The first kappa shape index (κ1) is 22.2. The van der Waals surface area contributed by atoms with Crippen LogP contribution in [0.1, 0.15) is 16.7 Å². The number of carboxylic acid groups (broad SMARTS) is 2. The minimum absolute atomic E-state index is 0.186. The molecule has 0 radical (unpaired) electrons. The first-order valence-electron chi connectivity index (χ1n) is 8.76. The Morgan fingerprint density at radius 3 is 2.07 bits per heavy atom. The van der Waals surface area contributed by atoms with Crippen LogP contribution in [0.25, 0.3) is 0 Å². The van der Waals surface area contributed by atoms with E-state index in [0.717, 1.165) is 21.6 Å². The van der Waals surface area contributed by atoms with Crippen molar-refractivity contribution in [1.82, 2.24) is 15.8 Å². The molecular weight excluding hydrogens is 604 g/mol. The zero-order chi connectivity index (χ0) is 21.5. The first-order chi connectivity index (χ1) is 14.4. The van der Waals surface area contributed by atoms with Crippen LogP contribution in [0.5, 0.6) is 0 Å². The van der Waals surface area contributed by atoms with Crippen molar-refractivity contribution in [2.45, 2.75) is 11.4 Å². The molecule has 2 aromatic rings. The van der Waals surface area contributed by atoms with E-state index in [4.69, 9.17) is 10.2 Å². The van der Waals surface area contributed by atoms with E-state index in [2.05, 4.69) is 21.1 Å². The molecule has 0 aromatic heterocycles. The molecule has 0 saturated carbocycles. The van der Waals surface area contributed by atoms with Crippen molar-refractivity contribution < 1.29 is 43.1 Å². The summed E-state index contributed by atoms with van der Waals surface area (Å²) in [5, 5.41) is 26.8. The van der Waals surface area contributed by atoms with Gasteiger partial charge in [0.05, 0.1) is 0 Å². The Labute approximate surface area is 190 Å². The molecular formula is C19H18AtN5O4S. The van der Waals surface area contributed by atoms with E-state index in [9.17, 15) is 9.59 Å². The summed E-state index contributed by atoms with van der Waals surface area (Å²) < 4.78 is 0. The molecule has 0 atom stereocenters. The Morgan fingerprint density at radius 2 is 1.53 bits per heavy atom. The quantitative estimate of drug-likeness (QED) is 0.331. The Morgan fingerprint density at radius 1 is 0.933 bits per heavy atom. The summed E-state index contributed by atoms with van der Waals surface area (Å²) in [5.41, 5.74) is 8.34. The molecule has 30 heavy (non-hydrogen) atoms. The van der Waals surface area contributed by atoms with Gasteiger partial charge in [0.15, 0.2) is 0 Å². The third kappa shape index (κ3) is 6.25. The summed E-state index contributed by atoms with van der Waals surface area (Å²) in [4.78, 5) is 24.5. The van der Waals surface area contributed by atoms with Crippen LogP contribution in [0.15, 0.2) is 63.6 Å². The third-order valence-corrected chi connectivity index (χ3v) is 6.54. The number of aliphatic carboxylic acids is 2. The standard InChI is InChI=1S/C19H18AtN5O4S/c20-30-15-7-12(9-25(10-16(26)27)11-17(28)29)6-14(8-15)19-23-21-18(22-24-19)13-4-2-1-3-5-13/h1-8H,9-11H2,(H,21,22)(H,23,24)(H,26,27)(H,28,29). The van der Waals surface area contributed by atoms with E-state index in [1.165, 1.54) is 28.2 Å². The van der Waals surface area contributed by atoms with Gasteiger partial charge in [0.2, 0.25) is 0 Å². The number of benzene rings is 2. The van der Waals surface area contributed by atoms with Gasteiger partial charge >= 0.3 is 191 Å². The maximum atomic E-state index is 11.1. The average Bonchev–Trinajstić information content (AvgIpc) is 2.73. The average molecular weight is 622 g/mol. The van der Waals surface area contributed by atoms with Gasteiger partial charge in [0.1, 0.15) is 0 Å². The molecule has 11 heteroatoms. The number of rotatable bonds is 9. The Kier molecular flexibility index (Phi) is 7.78. The minimum atomic E-state index is -1.08. The second-order valence-corrected chi connectivity index (χ2v) is 8.81. The van der Waals surface area contributed by atoms with Crippen molar-refractivity contribution in [2.75, 3.05) is 13.1 Å². The topological polar surface area (TPSA) is 127 Å². The summed E-state index contributed by atoms with van der Waals surface area (Å²) in [6.07, 6.45) is 0. The SMILES string of the molecule is O=C(O)CN(CC(=O)O)Cc1cc(S[At])cc(C2=NNC(c3ccccc3)=NN2)c1. The van der Waals surface area contributed by atoms with Crippen molar-refractivity contribution in [3.8, 4) is 0 Å². The summed E-state index contributed by atoms with van der Waals surface area (Å²) in [6.45, 7) is -0.536. The summed E-state index contributed by atoms with van der Waals surface area (Å²) in [6, 6.07) is 15.3. The number of nitrogens with one attached hydrogen (secondary N) is 2. The maximum absolute atomic E-state index is 11.1. The van der Waals surface area contributed by atoms with E-state index < -0.39 is 11.9 Å². The Balaban J connectivity index is 1.80. The number of hydrogen-bond acceptors (Lipinski definition) is 8. The number of hydrazone groups is 2. The molecule has 1 aliphatic rings. The molecule has 156 valence electrons. The van der Waals surface area contributed by atoms with Gasteiger partial charge in [-0.25, -0.2) is 0 Å². The molecule has 0 saturated heterocycles. The summed E-state index contributed by atoms with van der Waals surface area (Å²) >= 11 is 1.50. The second-order valence-electron chi connectivity index (χ2n) is 6.39. The molecule has 9 nitrogen and oxygen atoms in total. The number of carbonyl (C=O) groups is 2. The summed E-state index contributed by atoms with van der Waals surface area (Å²) in [7, 11) is 1.58. The molecule has 0 bridgehead atoms. The fourth-order valence-electron chi connectivity index (χ4n) is 2.86. The molecule has 0 fully saturated rings. The van der Waals surface area contributed by atoms with Crippen molar-refractivity contribution in [2.24, 2.45) is 10.2 Å². The predicted molar refractivity (Wildman–Crippen MR) is 109 cm³/mol. The van der Waals surface area contributed by atoms with Crippen LogP contribution in [0, 0.1) is 23.3 Å². The molecule has 0 unspecified atom stereocenters. The molecule has 1 heterocycles. The molecule has 3 rings (SSSR count). The van der Waals surface area contributed by atoms with Crippen LogP contribution in [0.2, 0.25) is 0 Å². The number of nitrogens with zero attached hydrogens (tertiary/aromatic N) is 3. The van der Waals surface area contributed by atoms with E-state index in [1.807, 2.05) is 48.5 Å². The van der Waals surface area contributed by atoms with Gasteiger partial charge in [-0.1, -0.05) is 0 Å². The van der Waals surface area contributed by atoms with Crippen molar-refractivity contribution >= 4 is 32.1 Å². The van der Waals surface area contributed by atoms with Crippen LogP contribution in [0.4, 0.5) is 0 Å². The van der Waals surface area contributed by atoms with E-state index in [0.29, 0.717) is 11.7 Å². The van der Waals surface area contributed by atoms with Crippen LogP contribution >= 0.6 is 8.52 Å². The monoisotopic (exact) mass is 622 g/mol. The van der Waals surface area contributed by atoms with E-state index >= 15 is 0 Å². The van der Waals surface area contributed by atoms with Gasteiger partial charge in [0, 0.05) is 0 Å². The van der Waals surface area contributed by atoms with Crippen molar-refractivity contribution in [3.63, 3.8) is 0 Å². The zero-order valence-electron chi connectivity index (χ0n) is 15.6. The Hall–Kier alpha value is -2.49.